The molecular formula is C22H37IN4O3. The highest BCUT2D eigenvalue weighted by molar-refractivity contribution is 14.0. The van der Waals surface area contributed by atoms with E-state index in [-0.39, 0.29) is 36.0 Å². The molecule has 0 aromatic heterocycles. The van der Waals surface area contributed by atoms with Crippen molar-refractivity contribution in [1.82, 2.24) is 10.6 Å². The van der Waals surface area contributed by atoms with Crippen LogP contribution in [-0.4, -0.2) is 50.9 Å². The highest BCUT2D eigenvalue weighted by Gasteiger charge is 2.14. The lowest BCUT2D eigenvalue weighted by Gasteiger charge is -2.13. The van der Waals surface area contributed by atoms with E-state index in [1.807, 2.05) is 38.1 Å². The summed E-state index contributed by atoms with van der Waals surface area (Å²) in [5, 5.41) is 9.53. The minimum Gasteiger partial charge on any atom is -0.379 e. The van der Waals surface area contributed by atoms with Crippen LogP contribution in [0.15, 0.2) is 29.3 Å². The second-order valence-electron chi connectivity index (χ2n) is 7.18. The van der Waals surface area contributed by atoms with Crippen LogP contribution in [0, 0.1) is 0 Å². The van der Waals surface area contributed by atoms with Crippen LogP contribution in [0.1, 0.15) is 51.5 Å². The van der Waals surface area contributed by atoms with Crippen LogP contribution in [-0.2, 0) is 20.8 Å². The van der Waals surface area contributed by atoms with Gasteiger partial charge in [-0.3, -0.25) is 4.79 Å². The number of rotatable bonds is 12. The predicted octanol–water partition coefficient (Wildman–Crippen LogP) is 3.68. The van der Waals surface area contributed by atoms with Gasteiger partial charge in [0.25, 0.3) is 0 Å². The van der Waals surface area contributed by atoms with Crippen LogP contribution in [0.4, 0.5) is 5.69 Å². The molecule has 8 heteroatoms. The molecule has 3 N–H and O–H groups in total. The van der Waals surface area contributed by atoms with Crippen molar-refractivity contribution >= 4 is 41.5 Å². The molecule has 1 aliphatic rings. The van der Waals surface area contributed by atoms with Crippen LogP contribution in [0.2, 0.25) is 0 Å². The zero-order chi connectivity index (χ0) is 20.7. The van der Waals surface area contributed by atoms with Crippen molar-refractivity contribution in [3.05, 3.63) is 29.8 Å². The molecule has 7 nitrogen and oxygen atoms in total. The average Bonchev–Trinajstić information content (AvgIpc) is 3.22. The van der Waals surface area contributed by atoms with E-state index in [0.29, 0.717) is 26.2 Å². The molecule has 1 aromatic carbocycles. The van der Waals surface area contributed by atoms with Crippen molar-refractivity contribution < 1.29 is 14.3 Å². The Kier molecular flexibility index (Phi) is 14.5. The summed E-state index contributed by atoms with van der Waals surface area (Å²) in [5.41, 5.74) is 1.87. The molecule has 1 amide bonds. The smallest absolute Gasteiger partial charge is 0.224 e. The van der Waals surface area contributed by atoms with Crippen molar-refractivity contribution in [3.8, 4) is 0 Å². The number of nitrogens with zero attached hydrogens (tertiary/aromatic N) is 1. The van der Waals surface area contributed by atoms with E-state index in [9.17, 15) is 4.79 Å². The first kappa shape index (κ1) is 26.6. The highest BCUT2D eigenvalue weighted by Crippen LogP contribution is 2.13. The molecule has 1 aromatic rings. The maximum Gasteiger partial charge on any atom is 0.224 e. The van der Waals surface area contributed by atoms with E-state index < -0.39 is 0 Å². The number of aliphatic imine (C=N–C) groups is 1. The number of nitrogens with one attached hydrogen (secondary N) is 3. The van der Waals surface area contributed by atoms with E-state index in [2.05, 4.69) is 20.9 Å². The van der Waals surface area contributed by atoms with Crippen molar-refractivity contribution in [2.75, 3.05) is 38.2 Å². The Hall–Kier alpha value is -1.39. The van der Waals surface area contributed by atoms with Crippen LogP contribution in [0.25, 0.3) is 0 Å². The molecule has 2 rings (SSSR count). The number of carbonyl (C=O) groups is 1. The fourth-order valence-electron chi connectivity index (χ4n) is 3.08. The molecule has 1 fully saturated rings. The van der Waals surface area contributed by atoms with Gasteiger partial charge in [0.15, 0.2) is 5.96 Å². The molecule has 0 saturated carbocycles. The quantitative estimate of drug-likeness (QED) is 0.166. The Labute approximate surface area is 197 Å². The fraction of sp³-hybridized carbons (Fsp3) is 0.636. The first-order valence-electron chi connectivity index (χ1n) is 10.8. The van der Waals surface area contributed by atoms with Crippen LogP contribution >= 0.6 is 24.0 Å². The van der Waals surface area contributed by atoms with Gasteiger partial charge in [0.2, 0.25) is 5.91 Å². The summed E-state index contributed by atoms with van der Waals surface area (Å²) in [6.07, 6.45) is 4.83. The van der Waals surface area contributed by atoms with Crippen LogP contribution < -0.4 is 16.0 Å². The molecule has 1 aliphatic heterocycles. The fourth-order valence-corrected chi connectivity index (χ4v) is 3.08. The third-order valence-corrected chi connectivity index (χ3v) is 4.54. The summed E-state index contributed by atoms with van der Waals surface area (Å²) in [5.74, 6) is 0.830. The molecule has 170 valence electrons. The Balaban J connectivity index is 0.00000450. The molecule has 0 spiro atoms. The zero-order valence-electron chi connectivity index (χ0n) is 18.2. The van der Waals surface area contributed by atoms with Gasteiger partial charge in [0.05, 0.1) is 19.3 Å². The standard InChI is InChI=1S/C22H36N4O3.HI/c1-3-8-21(27)26-19-10-5-9-18(15-19)16-25-22(23-4-2)24-12-7-13-28-17-20-11-6-14-29-20;/h5,9-10,15,20H,3-4,6-8,11-14,16-17H2,1-2H3,(H,26,27)(H2,23,24,25);1H. The van der Waals surface area contributed by atoms with Gasteiger partial charge >= 0.3 is 0 Å². The van der Waals surface area contributed by atoms with Crippen molar-refractivity contribution in [2.24, 2.45) is 4.99 Å². The molecule has 1 heterocycles. The van der Waals surface area contributed by atoms with Crippen LogP contribution in [0.3, 0.4) is 0 Å². The molecule has 1 unspecified atom stereocenters. The maximum atomic E-state index is 11.8. The van der Waals surface area contributed by atoms with Gasteiger partial charge in [0, 0.05) is 38.4 Å². The highest BCUT2D eigenvalue weighted by atomic mass is 127. The number of carbonyl (C=O) groups excluding carboxylic acids is 1. The zero-order valence-corrected chi connectivity index (χ0v) is 20.6. The summed E-state index contributed by atoms with van der Waals surface area (Å²) >= 11 is 0. The second-order valence-corrected chi connectivity index (χ2v) is 7.18. The molecule has 1 atom stereocenters. The summed E-state index contributed by atoms with van der Waals surface area (Å²) in [4.78, 5) is 16.4. The Morgan fingerprint density at radius 1 is 1.30 bits per heavy atom. The van der Waals surface area contributed by atoms with E-state index in [1.165, 1.54) is 0 Å². The lowest BCUT2D eigenvalue weighted by Crippen LogP contribution is -2.38. The Morgan fingerprint density at radius 3 is 2.90 bits per heavy atom. The van der Waals surface area contributed by atoms with Gasteiger partial charge in [0.1, 0.15) is 0 Å². The second kappa shape index (κ2) is 16.3. The topological polar surface area (TPSA) is 84.0 Å². The van der Waals surface area contributed by atoms with E-state index in [1.54, 1.807) is 0 Å². The largest absolute Gasteiger partial charge is 0.379 e. The number of hydrogen-bond donors (Lipinski definition) is 3. The van der Waals surface area contributed by atoms with Gasteiger partial charge in [-0.15, -0.1) is 24.0 Å². The van der Waals surface area contributed by atoms with Gasteiger partial charge in [-0.05, 0) is 50.3 Å². The van der Waals surface area contributed by atoms with Crippen molar-refractivity contribution in [2.45, 2.75) is 58.6 Å². The summed E-state index contributed by atoms with van der Waals surface area (Å²) < 4.78 is 11.2. The lowest BCUT2D eigenvalue weighted by atomic mass is 10.2. The number of hydrogen-bond acceptors (Lipinski definition) is 4. The summed E-state index contributed by atoms with van der Waals surface area (Å²) in [6.45, 7) is 8.46. The van der Waals surface area contributed by atoms with Gasteiger partial charge in [-0.25, -0.2) is 4.99 Å². The van der Waals surface area contributed by atoms with Crippen LogP contribution in [0.5, 0.6) is 0 Å². The molecule has 0 aliphatic carbocycles. The van der Waals surface area contributed by atoms with Gasteiger partial charge < -0.3 is 25.4 Å². The first-order chi connectivity index (χ1) is 14.2. The Morgan fingerprint density at radius 2 is 2.17 bits per heavy atom. The van der Waals surface area contributed by atoms with Crippen molar-refractivity contribution in [3.63, 3.8) is 0 Å². The van der Waals surface area contributed by atoms with E-state index in [0.717, 1.165) is 62.6 Å². The molecule has 30 heavy (non-hydrogen) atoms. The SMILES string of the molecule is CCCC(=O)Nc1cccc(CN=C(NCC)NCCCOCC2CCCO2)c1.I. The van der Waals surface area contributed by atoms with E-state index >= 15 is 0 Å². The van der Waals surface area contributed by atoms with Gasteiger partial charge in [-0.2, -0.15) is 0 Å². The van der Waals surface area contributed by atoms with Gasteiger partial charge in [-0.1, -0.05) is 19.1 Å². The monoisotopic (exact) mass is 532 g/mol. The first-order valence-corrected chi connectivity index (χ1v) is 10.8. The van der Waals surface area contributed by atoms with Crippen molar-refractivity contribution in [1.29, 1.82) is 0 Å². The summed E-state index contributed by atoms with van der Waals surface area (Å²) in [6, 6.07) is 7.83. The molecule has 0 radical (unpaired) electrons. The Bertz CT molecular complexity index is 637. The number of ether oxygens (including phenoxy) is 2. The molecule has 0 bridgehead atoms. The third kappa shape index (κ3) is 11.1. The molecule has 1 saturated heterocycles. The average molecular weight is 532 g/mol. The minimum atomic E-state index is 0. The molecular weight excluding hydrogens is 495 g/mol. The number of anilines is 1. The van der Waals surface area contributed by atoms with E-state index in [4.69, 9.17) is 9.47 Å². The number of benzene rings is 1. The predicted molar refractivity (Wildman–Crippen MR) is 133 cm³/mol. The normalized spacial score (nSPS) is 16.1. The number of halogens is 1. The summed E-state index contributed by atoms with van der Waals surface area (Å²) in [7, 11) is 0. The maximum absolute atomic E-state index is 11.8. The number of guanidine groups is 1. The number of amides is 1. The third-order valence-electron chi connectivity index (χ3n) is 4.54. The lowest BCUT2D eigenvalue weighted by molar-refractivity contribution is -0.116. The minimum absolute atomic E-state index is 0.